The average molecular weight is 238 g/mol. The van der Waals surface area contributed by atoms with Gasteiger partial charge in [-0.25, -0.2) is 9.18 Å². The third-order valence-electron chi connectivity index (χ3n) is 2.89. The molecule has 4 nitrogen and oxygen atoms in total. The van der Waals surface area contributed by atoms with E-state index in [9.17, 15) is 9.18 Å². The Balaban J connectivity index is 1.76. The molecule has 1 saturated carbocycles. The third-order valence-corrected chi connectivity index (χ3v) is 2.89. The molecule has 1 fully saturated rings. The van der Waals surface area contributed by atoms with E-state index in [0.717, 1.165) is 12.8 Å². The van der Waals surface area contributed by atoms with Crippen molar-refractivity contribution in [2.45, 2.75) is 18.9 Å². The van der Waals surface area contributed by atoms with E-state index < -0.39 is 6.09 Å². The van der Waals surface area contributed by atoms with Gasteiger partial charge in [0.15, 0.2) is 0 Å². The zero-order valence-electron chi connectivity index (χ0n) is 9.36. The predicted octanol–water partition coefficient (Wildman–Crippen LogP) is 2.11. The summed E-state index contributed by atoms with van der Waals surface area (Å²) in [7, 11) is 0. The van der Waals surface area contributed by atoms with Crippen molar-refractivity contribution in [3.63, 3.8) is 0 Å². The van der Waals surface area contributed by atoms with Gasteiger partial charge in [0.05, 0.1) is 0 Å². The van der Waals surface area contributed by atoms with Crippen molar-refractivity contribution in [3.05, 3.63) is 30.1 Å². The molecule has 0 radical (unpaired) electrons. The standard InChI is InChI=1S/C12H15FN2O2/c13-9-1-3-10(4-2-9)15-12(16)17-11-5-8(6-11)7-14/h1-4,8,11H,5-7,14H2,(H,15,16). The minimum atomic E-state index is -0.503. The number of carbonyl (C=O) groups is 1. The van der Waals surface area contributed by atoms with Gasteiger partial charge < -0.3 is 10.5 Å². The van der Waals surface area contributed by atoms with Gasteiger partial charge in [0.25, 0.3) is 0 Å². The van der Waals surface area contributed by atoms with Crippen molar-refractivity contribution in [1.29, 1.82) is 0 Å². The van der Waals surface area contributed by atoms with E-state index in [1.54, 1.807) is 0 Å². The van der Waals surface area contributed by atoms with Crippen LogP contribution >= 0.6 is 0 Å². The van der Waals surface area contributed by atoms with Crippen LogP contribution in [0.2, 0.25) is 0 Å². The summed E-state index contributed by atoms with van der Waals surface area (Å²) in [6, 6.07) is 5.53. The first-order valence-electron chi connectivity index (χ1n) is 5.60. The van der Waals surface area contributed by atoms with Gasteiger partial charge in [-0.2, -0.15) is 0 Å². The van der Waals surface area contributed by atoms with E-state index in [1.807, 2.05) is 0 Å². The molecule has 0 heterocycles. The van der Waals surface area contributed by atoms with Crippen molar-refractivity contribution in [1.82, 2.24) is 0 Å². The van der Waals surface area contributed by atoms with E-state index in [0.29, 0.717) is 18.2 Å². The normalized spacial score (nSPS) is 22.7. The van der Waals surface area contributed by atoms with Crippen LogP contribution in [0.15, 0.2) is 24.3 Å². The van der Waals surface area contributed by atoms with Crippen LogP contribution in [0, 0.1) is 11.7 Å². The smallest absolute Gasteiger partial charge is 0.411 e. The van der Waals surface area contributed by atoms with Gasteiger partial charge in [0.2, 0.25) is 0 Å². The monoisotopic (exact) mass is 238 g/mol. The second kappa shape index (κ2) is 5.14. The minimum Gasteiger partial charge on any atom is -0.446 e. The number of rotatable bonds is 3. The Morgan fingerprint density at radius 2 is 2.06 bits per heavy atom. The third kappa shape index (κ3) is 3.17. The number of ether oxygens (including phenoxy) is 1. The summed E-state index contributed by atoms with van der Waals surface area (Å²) in [4.78, 5) is 11.4. The Labute approximate surface area is 98.9 Å². The van der Waals surface area contributed by atoms with Crippen LogP contribution in [0.25, 0.3) is 0 Å². The Bertz CT molecular complexity index is 388. The van der Waals surface area contributed by atoms with Gasteiger partial charge in [-0.1, -0.05) is 0 Å². The molecule has 2 rings (SSSR count). The molecule has 5 heteroatoms. The van der Waals surface area contributed by atoms with Crippen LogP contribution in [-0.2, 0) is 4.74 Å². The molecule has 0 spiro atoms. The van der Waals surface area contributed by atoms with Crippen LogP contribution in [0.1, 0.15) is 12.8 Å². The molecule has 1 aromatic rings. The average Bonchev–Trinajstić information content (AvgIpc) is 2.26. The number of nitrogens with two attached hydrogens (primary N) is 1. The lowest BCUT2D eigenvalue weighted by Gasteiger charge is -2.33. The highest BCUT2D eigenvalue weighted by atomic mass is 19.1. The predicted molar refractivity (Wildman–Crippen MR) is 62.1 cm³/mol. The molecule has 1 aliphatic carbocycles. The molecule has 1 aliphatic rings. The van der Waals surface area contributed by atoms with E-state index in [2.05, 4.69) is 5.32 Å². The van der Waals surface area contributed by atoms with Crippen molar-refractivity contribution in [3.8, 4) is 0 Å². The number of halogens is 1. The molecule has 17 heavy (non-hydrogen) atoms. The van der Waals surface area contributed by atoms with Crippen LogP contribution in [0.3, 0.4) is 0 Å². The fourth-order valence-corrected chi connectivity index (χ4v) is 1.80. The van der Waals surface area contributed by atoms with Gasteiger partial charge in [-0.3, -0.25) is 5.32 Å². The zero-order chi connectivity index (χ0) is 12.3. The highest BCUT2D eigenvalue weighted by molar-refractivity contribution is 5.84. The first-order valence-corrected chi connectivity index (χ1v) is 5.60. The number of carbonyl (C=O) groups excluding carboxylic acids is 1. The lowest BCUT2D eigenvalue weighted by Crippen LogP contribution is -2.38. The fourth-order valence-electron chi connectivity index (χ4n) is 1.80. The molecule has 0 atom stereocenters. The number of hydrogen-bond acceptors (Lipinski definition) is 3. The second-order valence-electron chi connectivity index (χ2n) is 4.23. The van der Waals surface area contributed by atoms with E-state index in [1.165, 1.54) is 24.3 Å². The molecular formula is C12H15FN2O2. The molecule has 0 bridgehead atoms. The Kier molecular flexibility index (Phi) is 3.58. The summed E-state index contributed by atoms with van der Waals surface area (Å²) in [5, 5.41) is 2.54. The molecule has 0 aromatic heterocycles. The summed E-state index contributed by atoms with van der Waals surface area (Å²) >= 11 is 0. The maximum absolute atomic E-state index is 12.6. The van der Waals surface area contributed by atoms with E-state index >= 15 is 0 Å². The van der Waals surface area contributed by atoms with Crippen LogP contribution < -0.4 is 11.1 Å². The molecule has 0 unspecified atom stereocenters. The maximum atomic E-state index is 12.6. The van der Waals surface area contributed by atoms with Gasteiger partial charge >= 0.3 is 6.09 Å². The van der Waals surface area contributed by atoms with Crippen molar-refractivity contribution >= 4 is 11.8 Å². The summed E-state index contributed by atoms with van der Waals surface area (Å²) in [5.41, 5.74) is 5.99. The summed E-state index contributed by atoms with van der Waals surface area (Å²) in [6.45, 7) is 0.638. The summed E-state index contributed by atoms with van der Waals surface area (Å²) in [6.07, 6.45) is 1.11. The second-order valence-corrected chi connectivity index (χ2v) is 4.23. The van der Waals surface area contributed by atoms with Crippen LogP contribution in [0.5, 0.6) is 0 Å². The number of hydrogen-bond donors (Lipinski definition) is 2. The Morgan fingerprint density at radius 1 is 1.41 bits per heavy atom. The Hall–Kier alpha value is -1.62. The number of nitrogens with one attached hydrogen (secondary N) is 1. The van der Waals surface area contributed by atoms with Crippen molar-refractivity contribution in [2.75, 3.05) is 11.9 Å². The zero-order valence-corrected chi connectivity index (χ0v) is 9.36. The van der Waals surface area contributed by atoms with Gasteiger partial charge in [0, 0.05) is 5.69 Å². The Morgan fingerprint density at radius 3 is 2.65 bits per heavy atom. The molecule has 92 valence electrons. The molecule has 1 amide bonds. The topological polar surface area (TPSA) is 64.3 Å². The van der Waals surface area contributed by atoms with Gasteiger partial charge in [-0.15, -0.1) is 0 Å². The summed E-state index contributed by atoms with van der Waals surface area (Å²) < 4.78 is 17.8. The SMILES string of the molecule is NCC1CC(OC(=O)Nc2ccc(F)cc2)C1. The summed E-state index contributed by atoms with van der Waals surface area (Å²) in [5.74, 6) is 0.132. The first-order chi connectivity index (χ1) is 8.17. The highest BCUT2D eigenvalue weighted by Crippen LogP contribution is 2.29. The number of amides is 1. The fraction of sp³-hybridized carbons (Fsp3) is 0.417. The number of benzene rings is 1. The van der Waals surface area contributed by atoms with Gasteiger partial charge in [-0.05, 0) is 49.6 Å². The van der Waals surface area contributed by atoms with Crippen LogP contribution in [-0.4, -0.2) is 18.7 Å². The van der Waals surface area contributed by atoms with E-state index in [4.69, 9.17) is 10.5 Å². The van der Waals surface area contributed by atoms with E-state index in [-0.39, 0.29) is 11.9 Å². The lowest BCUT2D eigenvalue weighted by molar-refractivity contribution is 0.0278. The first kappa shape index (κ1) is 11.9. The minimum absolute atomic E-state index is 0.0380. The maximum Gasteiger partial charge on any atom is 0.411 e. The van der Waals surface area contributed by atoms with Crippen molar-refractivity contribution < 1.29 is 13.9 Å². The molecule has 1 aromatic carbocycles. The van der Waals surface area contributed by atoms with Crippen LogP contribution in [0.4, 0.5) is 14.9 Å². The molecular weight excluding hydrogens is 223 g/mol. The molecule has 0 saturated heterocycles. The lowest BCUT2D eigenvalue weighted by atomic mass is 9.82. The number of anilines is 1. The largest absolute Gasteiger partial charge is 0.446 e. The molecule has 0 aliphatic heterocycles. The van der Waals surface area contributed by atoms with Gasteiger partial charge in [0.1, 0.15) is 11.9 Å². The van der Waals surface area contributed by atoms with Crippen molar-refractivity contribution in [2.24, 2.45) is 11.7 Å². The molecule has 3 N–H and O–H groups in total. The quantitative estimate of drug-likeness (QED) is 0.847. The highest BCUT2D eigenvalue weighted by Gasteiger charge is 2.30.